The van der Waals surface area contributed by atoms with E-state index in [1.165, 1.54) is 18.2 Å². The number of aromatic amines is 1. The summed E-state index contributed by atoms with van der Waals surface area (Å²) in [5, 5.41) is 9.95. The molecule has 0 saturated carbocycles. The van der Waals surface area contributed by atoms with Crippen LogP contribution in [0.25, 0.3) is 11.5 Å². The van der Waals surface area contributed by atoms with E-state index in [-0.39, 0.29) is 12.5 Å². The molecule has 23 heavy (non-hydrogen) atoms. The van der Waals surface area contributed by atoms with E-state index in [4.69, 9.17) is 11.6 Å². The molecular weight excluding hydrogens is 321 g/mol. The van der Waals surface area contributed by atoms with Crippen LogP contribution in [0.4, 0.5) is 4.39 Å². The fourth-order valence-corrected chi connectivity index (χ4v) is 3.00. The smallest absolute Gasteiger partial charge is 0.240 e. The molecule has 1 aromatic carbocycles. The van der Waals surface area contributed by atoms with Crippen LogP contribution in [0.1, 0.15) is 17.3 Å². The van der Waals surface area contributed by atoms with Gasteiger partial charge in [0.15, 0.2) is 5.82 Å². The largest absolute Gasteiger partial charge is 0.342 e. The van der Waals surface area contributed by atoms with Crippen LogP contribution in [0.15, 0.2) is 36.7 Å². The zero-order chi connectivity index (χ0) is 16.0. The van der Waals surface area contributed by atoms with Gasteiger partial charge in [0.25, 0.3) is 0 Å². The Labute approximate surface area is 135 Å². The molecular formula is C15H11ClFN5O. The Bertz CT molecular complexity index is 889. The summed E-state index contributed by atoms with van der Waals surface area (Å²) in [4.78, 5) is 16.5. The van der Waals surface area contributed by atoms with Crippen LogP contribution >= 0.6 is 11.6 Å². The Balaban J connectivity index is 1.86. The van der Waals surface area contributed by atoms with Crippen molar-refractivity contribution in [3.8, 4) is 11.5 Å². The van der Waals surface area contributed by atoms with E-state index >= 15 is 0 Å². The lowest BCUT2D eigenvalue weighted by Crippen LogP contribution is -2.39. The Morgan fingerprint density at radius 1 is 1.35 bits per heavy atom. The van der Waals surface area contributed by atoms with E-state index in [1.807, 2.05) is 0 Å². The number of hydrogen-bond donors (Lipinski definition) is 2. The number of amides is 1. The minimum Gasteiger partial charge on any atom is -0.342 e. The molecule has 0 fully saturated rings. The number of H-pyrrole nitrogens is 1. The van der Waals surface area contributed by atoms with E-state index < -0.39 is 11.9 Å². The van der Waals surface area contributed by atoms with E-state index in [1.54, 1.807) is 23.0 Å². The Kier molecular flexibility index (Phi) is 3.16. The maximum atomic E-state index is 13.6. The third-order valence-corrected chi connectivity index (χ3v) is 4.14. The summed E-state index contributed by atoms with van der Waals surface area (Å²) < 4.78 is 15.4. The second-order valence-corrected chi connectivity index (χ2v) is 5.64. The van der Waals surface area contributed by atoms with Crippen molar-refractivity contribution >= 4 is 17.5 Å². The van der Waals surface area contributed by atoms with Crippen LogP contribution in [0.3, 0.4) is 0 Å². The van der Waals surface area contributed by atoms with Crippen molar-refractivity contribution in [2.24, 2.45) is 0 Å². The van der Waals surface area contributed by atoms with E-state index in [0.717, 1.165) is 5.69 Å². The van der Waals surface area contributed by atoms with Gasteiger partial charge in [-0.05, 0) is 24.3 Å². The average Bonchev–Trinajstić information content (AvgIpc) is 3.17. The molecule has 2 N–H and O–H groups in total. The number of carbonyl (C=O) groups is 1. The highest BCUT2D eigenvalue weighted by molar-refractivity contribution is 6.31. The molecule has 0 saturated heterocycles. The van der Waals surface area contributed by atoms with Gasteiger partial charge in [0.1, 0.15) is 18.1 Å². The molecule has 0 radical (unpaired) electrons. The first kappa shape index (κ1) is 14.0. The molecule has 1 amide bonds. The first-order valence-corrected chi connectivity index (χ1v) is 7.31. The number of halogens is 2. The van der Waals surface area contributed by atoms with Gasteiger partial charge in [0.05, 0.1) is 17.9 Å². The zero-order valence-electron chi connectivity index (χ0n) is 11.8. The van der Waals surface area contributed by atoms with Crippen LogP contribution in [0, 0.1) is 5.82 Å². The van der Waals surface area contributed by atoms with E-state index in [0.29, 0.717) is 22.1 Å². The molecule has 1 aliphatic heterocycles. The lowest BCUT2D eigenvalue weighted by atomic mass is 10.0. The molecule has 6 nitrogen and oxygen atoms in total. The first-order chi connectivity index (χ1) is 11.1. The van der Waals surface area contributed by atoms with Crippen molar-refractivity contribution in [2.45, 2.75) is 12.6 Å². The number of nitrogens with zero attached hydrogens (tertiary/aromatic N) is 3. The van der Waals surface area contributed by atoms with Crippen molar-refractivity contribution in [3.05, 3.63) is 58.8 Å². The monoisotopic (exact) mass is 331 g/mol. The standard InChI is InChI=1S/C15H11ClFN5O/c16-10-2-1-8(17)5-9(10)14-12-6-18-15(11-3-4-19-21-11)22(12)7-13(23)20-14/h1-6,14H,7H2,(H,19,21)(H,20,23). The number of rotatable bonds is 2. The quantitative estimate of drug-likeness (QED) is 0.756. The fraction of sp³-hybridized carbons (Fsp3) is 0.133. The average molecular weight is 332 g/mol. The highest BCUT2D eigenvalue weighted by Crippen LogP contribution is 2.33. The first-order valence-electron chi connectivity index (χ1n) is 6.93. The number of aromatic nitrogens is 4. The number of imidazole rings is 1. The number of fused-ring (bicyclic) bond motifs is 1. The Hall–Kier alpha value is -2.67. The number of carbonyl (C=O) groups excluding carboxylic acids is 1. The normalized spacial score (nSPS) is 17.0. The third-order valence-electron chi connectivity index (χ3n) is 3.80. The molecule has 1 aliphatic rings. The summed E-state index contributed by atoms with van der Waals surface area (Å²) in [5.41, 5.74) is 1.94. The van der Waals surface area contributed by atoms with E-state index in [2.05, 4.69) is 20.5 Å². The predicted octanol–water partition coefficient (Wildman–Crippen LogP) is 2.28. The lowest BCUT2D eigenvalue weighted by Gasteiger charge is -2.27. The van der Waals surface area contributed by atoms with Crippen molar-refractivity contribution in [2.75, 3.05) is 0 Å². The topological polar surface area (TPSA) is 75.6 Å². The minimum atomic E-state index is -0.552. The molecule has 0 aliphatic carbocycles. The zero-order valence-corrected chi connectivity index (χ0v) is 12.5. The lowest BCUT2D eigenvalue weighted by molar-refractivity contribution is -0.123. The molecule has 4 rings (SSSR count). The maximum Gasteiger partial charge on any atom is 0.240 e. The second kappa shape index (κ2) is 5.20. The van der Waals surface area contributed by atoms with Crippen LogP contribution in [0.5, 0.6) is 0 Å². The number of hydrogen-bond acceptors (Lipinski definition) is 3. The van der Waals surface area contributed by atoms with Crippen molar-refractivity contribution < 1.29 is 9.18 Å². The Morgan fingerprint density at radius 3 is 3.00 bits per heavy atom. The molecule has 0 bridgehead atoms. The third kappa shape index (κ3) is 2.29. The molecule has 1 unspecified atom stereocenters. The van der Waals surface area contributed by atoms with Crippen molar-refractivity contribution in [1.82, 2.24) is 25.1 Å². The molecule has 116 valence electrons. The van der Waals surface area contributed by atoms with Gasteiger partial charge in [-0.15, -0.1) is 0 Å². The van der Waals surface area contributed by atoms with Gasteiger partial charge < -0.3 is 9.88 Å². The van der Waals surface area contributed by atoms with Gasteiger partial charge in [-0.2, -0.15) is 5.10 Å². The SMILES string of the molecule is O=C1Cn2c(cnc2-c2ccn[nH]2)C(c2cc(F)ccc2Cl)N1. The van der Waals surface area contributed by atoms with Crippen LogP contribution in [0.2, 0.25) is 5.02 Å². The minimum absolute atomic E-state index is 0.132. The maximum absolute atomic E-state index is 13.6. The number of benzene rings is 1. The highest BCUT2D eigenvalue weighted by Gasteiger charge is 2.30. The van der Waals surface area contributed by atoms with Gasteiger partial charge in [-0.3, -0.25) is 9.89 Å². The van der Waals surface area contributed by atoms with Gasteiger partial charge in [-0.25, -0.2) is 9.37 Å². The highest BCUT2D eigenvalue weighted by atomic mass is 35.5. The summed E-state index contributed by atoms with van der Waals surface area (Å²) in [7, 11) is 0. The number of nitrogens with one attached hydrogen (secondary N) is 2. The molecule has 8 heteroatoms. The summed E-state index contributed by atoms with van der Waals surface area (Å²) in [6.45, 7) is 0.132. The molecule has 2 aromatic heterocycles. The van der Waals surface area contributed by atoms with Crippen LogP contribution < -0.4 is 5.32 Å². The predicted molar refractivity (Wildman–Crippen MR) is 81.2 cm³/mol. The molecule has 0 spiro atoms. The molecule has 1 atom stereocenters. The fourth-order valence-electron chi connectivity index (χ4n) is 2.78. The Morgan fingerprint density at radius 2 is 2.22 bits per heavy atom. The molecule has 3 heterocycles. The van der Waals surface area contributed by atoms with Crippen molar-refractivity contribution in [3.63, 3.8) is 0 Å². The van der Waals surface area contributed by atoms with Gasteiger partial charge >= 0.3 is 0 Å². The van der Waals surface area contributed by atoms with Crippen molar-refractivity contribution in [1.29, 1.82) is 0 Å². The summed E-state index contributed by atoms with van der Waals surface area (Å²) in [5.74, 6) is -0.00412. The van der Waals surface area contributed by atoms with Crippen LogP contribution in [-0.2, 0) is 11.3 Å². The van der Waals surface area contributed by atoms with Gasteiger partial charge in [-0.1, -0.05) is 11.6 Å². The van der Waals surface area contributed by atoms with Crippen LogP contribution in [-0.4, -0.2) is 25.7 Å². The van der Waals surface area contributed by atoms with Gasteiger partial charge in [0, 0.05) is 16.8 Å². The summed E-state index contributed by atoms with van der Waals surface area (Å²) >= 11 is 6.19. The summed E-state index contributed by atoms with van der Waals surface area (Å²) in [6.07, 6.45) is 3.27. The van der Waals surface area contributed by atoms with E-state index in [9.17, 15) is 9.18 Å². The molecule has 3 aromatic rings. The summed E-state index contributed by atoms with van der Waals surface area (Å²) in [6, 6.07) is 5.30. The second-order valence-electron chi connectivity index (χ2n) is 5.23. The van der Waals surface area contributed by atoms with Gasteiger partial charge in [0.2, 0.25) is 5.91 Å².